The van der Waals surface area contributed by atoms with E-state index in [9.17, 15) is 9.59 Å². The molecule has 0 unspecified atom stereocenters. The minimum Gasteiger partial charge on any atom is -0.351 e. The minimum absolute atomic E-state index is 0.00320. The highest BCUT2D eigenvalue weighted by atomic mass is 16.5. The first-order chi connectivity index (χ1) is 8.27. The van der Waals surface area contributed by atoms with Gasteiger partial charge in [0, 0.05) is 12.0 Å². The van der Waals surface area contributed by atoms with Gasteiger partial charge in [-0.15, -0.1) is 0 Å². The zero-order valence-electron chi connectivity index (χ0n) is 9.33. The lowest BCUT2D eigenvalue weighted by Gasteiger charge is -2.27. The van der Waals surface area contributed by atoms with E-state index in [1.807, 2.05) is 30.3 Å². The Bertz CT molecular complexity index is 459. The molecule has 1 aromatic rings. The maximum Gasteiger partial charge on any atom is 0.225 e. The number of benzene rings is 1. The number of amides is 1. The van der Waals surface area contributed by atoms with E-state index in [2.05, 4.69) is 0 Å². The van der Waals surface area contributed by atoms with Crippen LogP contribution in [0.2, 0.25) is 0 Å². The molecule has 1 aromatic carbocycles. The van der Waals surface area contributed by atoms with Crippen molar-refractivity contribution < 1.29 is 14.3 Å². The van der Waals surface area contributed by atoms with Gasteiger partial charge in [0.25, 0.3) is 0 Å². The van der Waals surface area contributed by atoms with Crippen LogP contribution in [0, 0.1) is 0 Å². The molecule has 0 aliphatic carbocycles. The van der Waals surface area contributed by atoms with Crippen molar-refractivity contribution in [2.75, 3.05) is 6.61 Å². The molecule has 17 heavy (non-hydrogen) atoms. The fourth-order valence-electron chi connectivity index (χ4n) is 2.63. The Morgan fingerprint density at radius 2 is 2.12 bits per heavy atom. The molecule has 0 spiro atoms. The summed E-state index contributed by atoms with van der Waals surface area (Å²) < 4.78 is 5.64. The average molecular weight is 231 g/mol. The third kappa shape index (κ3) is 1.41. The summed E-state index contributed by atoms with van der Waals surface area (Å²) in [6.07, 6.45) is 1.46. The van der Waals surface area contributed by atoms with E-state index in [-0.39, 0.29) is 5.91 Å². The number of carbonyl (C=O) groups excluding carboxylic acids is 2. The highest BCUT2D eigenvalue weighted by Crippen LogP contribution is 2.43. The molecule has 2 heterocycles. The van der Waals surface area contributed by atoms with E-state index in [1.54, 1.807) is 4.90 Å². The summed E-state index contributed by atoms with van der Waals surface area (Å²) in [6.45, 7) is 0.307. The molecule has 2 aliphatic heterocycles. The Hall–Kier alpha value is -1.68. The van der Waals surface area contributed by atoms with Crippen molar-refractivity contribution in [3.8, 4) is 0 Å². The smallest absolute Gasteiger partial charge is 0.225 e. The highest BCUT2D eigenvalue weighted by molar-refractivity contribution is 5.87. The van der Waals surface area contributed by atoms with Crippen LogP contribution in [0.1, 0.15) is 24.6 Å². The molecule has 2 saturated heterocycles. The fraction of sp³-hybridized carbons (Fsp3) is 0.385. The van der Waals surface area contributed by atoms with Gasteiger partial charge >= 0.3 is 0 Å². The minimum atomic E-state index is -0.725. The number of ether oxygens (including phenoxy) is 1. The first-order valence-electron chi connectivity index (χ1n) is 5.72. The van der Waals surface area contributed by atoms with Crippen LogP contribution in [0.25, 0.3) is 0 Å². The maximum atomic E-state index is 11.9. The highest BCUT2D eigenvalue weighted by Gasteiger charge is 2.54. The van der Waals surface area contributed by atoms with Crippen LogP contribution < -0.4 is 0 Å². The third-order valence-corrected chi connectivity index (χ3v) is 3.55. The van der Waals surface area contributed by atoms with Crippen molar-refractivity contribution in [2.24, 2.45) is 0 Å². The lowest BCUT2D eigenvalue weighted by molar-refractivity contribution is -0.138. The van der Waals surface area contributed by atoms with Crippen molar-refractivity contribution in [1.29, 1.82) is 0 Å². The number of hydrogen-bond acceptors (Lipinski definition) is 3. The standard InChI is InChI=1S/C13H13NO3/c15-8-13-7-6-11(16)14(13)12(17-9-13)10-4-2-1-3-5-10/h1-5,8,12H,6-7,9H2/t12-,13-/m0/s1. The third-order valence-electron chi connectivity index (χ3n) is 3.55. The van der Waals surface area contributed by atoms with E-state index >= 15 is 0 Å². The van der Waals surface area contributed by atoms with Gasteiger partial charge in [0.15, 0.2) is 6.23 Å². The zero-order chi connectivity index (χ0) is 11.9. The normalized spacial score (nSPS) is 31.6. The van der Waals surface area contributed by atoms with Crippen molar-refractivity contribution in [3.63, 3.8) is 0 Å². The summed E-state index contributed by atoms with van der Waals surface area (Å²) in [5.74, 6) is 0.00320. The van der Waals surface area contributed by atoms with Gasteiger partial charge in [-0.3, -0.25) is 9.69 Å². The molecule has 2 atom stereocenters. The Kier molecular flexibility index (Phi) is 2.26. The van der Waals surface area contributed by atoms with Crippen LogP contribution in [-0.4, -0.2) is 29.2 Å². The number of nitrogens with zero attached hydrogens (tertiary/aromatic N) is 1. The molecule has 1 amide bonds. The van der Waals surface area contributed by atoms with Crippen LogP contribution in [0.3, 0.4) is 0 Å². The SMILES string of the molecule is O=C[C@]12CCC(=O)N1[C@H](c1ccccc1)OC2. The number of aldehydes is 1. The second-order valence-corrected chi connectivity index (χ2v) is 4.56. The number of carbonyl (C=O) groups is 2. The molecule has 0 N–H and O–H groups in total. The molecule has 2 fully saturated rings. The number of fused-ring (bicyclic) bond motifs is 1. The van der Waals surface area contributed by atoms with Gasteiger partial charge in [0.05, 0.1) is 6.61 Å². The van der Waals surface area contributed by atoms with E-state index in [1.165, 1.54) is 0 Å². The van der Waals surface area contributed by atoms with Crippen molar-refractivity contribution in [1.82, 2.24) is 4.90 Å². The maximum absolute atomic E-state index is 11.9. The molecule has 4 nitrogen and oxygen atoms in total. The molecule has 0 radical (unpaired) electrons. The van der Waals surface area contributed by atoms with Crippen molar-refractivity contribution in [2.45, 2.75) is 24.6 Å². The topological polar surface area (TPSA) is 46.6 Å². The van der Waals surface area contributed by atoms with Crippen LogP contribution in [0.15, 0.2) is 30.3 Å². The molecule has 4 heteroatoms. The Balaban J connectivity index is 1.99. The van der Waals surface area contributed by atoms with E-state index in [0.29, 0.717) is 19.4 Å². The molecule has 0 aromatic heterocycles. The van der Waals surface area contributed by atoms with Crippen LogP contribution in [-0.2, 0) is 14.3 Å². The van der Waals surface area contributed by atoms with E-state index < -0.39 is 11.8 Å². The van der Waals surface area contributed by atoms with Gasteiger partial charge in [-0.1, -0.05) is 30.3 Å². The second-order valence-electron chi connectivity index (χ2n) is 4.56. The summed E-state index contributed by atoms with van der Waals surface area (Å²) in [6, 6.07) is 9.55. The van der Waals surface area contributed by atoms with Crippen LogP contribution in [0.4, 0.5) is 0 Å². The number of hydrogen-bond donors (Lipinski definition) is 0. The summed E-state index contributed by atoms with van der Waals surface area (Å²) in [5.41, 5.74) is 0.198. The Morgan fingerprint density at radius 1 is 1.35 bits per heavy atom. The van der Waals surface area contributed by atoms with Crippen molar-refractivity contribution >= 4 is 12.2 Å². The summed E-state index contributed by atoms with van der Waals surface area (Å²) >= 11 is 0. The summed E-state index contributed by atoms with van der Waals surface area (Å²) in [7, 11) is 0. The molecule has 88 valence electrons. The summed E-state index contributed by atoms with van der Waals surface area (Å²) in [5, 5.41) is 0. The Morgan fingerprint density at radius 3 is 2.82 bits per heavy atom. The fourth-order valence-corrected chi connectivity index (χ4v) is 2.63. The van der Waals surface area contributed by atoms with Crippen molar-refractivity contribution in [3.05, 3.63) is 35.9 Å². The molecule has 0 saturated carbocycles. The van der Waals surface area contributed by atoms with Gasteiger partial charge in [0.2, 0.25) is 5.91 Å². The van der Waals surface area contributed by atoms with E-state index in [4.69, 9.17) is 4.74 Å². The molecular weight excluding hydrogens is 218 g/mol. The van der Waals surface area contributed by atoms with Gasteiger partial charge in [-0.05, 0) is 6.42 Å². The molecule has 3 rings (SSSR count). The predicted molar refractivity (Wildman–Crippen MR) is 60.0 cm³/mol. The molecule has 0 bridgehead atoms. The molecular formula is C13H13NO3. The monoisotopic (exact) mass is 231 g/mol. The zero-order valence-corrected chi connectivity index (χ0v) is 9.33. The van der Waals surface area contributed by atoms with Gasteiger partial charge in [-0.25, -0.2) is 0 Å². The first-order valence-corrected chi connectivity index (χ1v) is 5.72. The van der Waals surface area contributed by atoms with E-state index in [0.717, 1.165) is 11.8 Å². The second kappa shape index (κ2) is 3.67. The molecule has 2 aliphatic rings. The van der Waals surface area contributed by atoms with Gasteiger partial charge < -0.3 is 9.53 Å². The van der Waals surface area contributed by atoms with Gasteiger partial charge in [0.1, 0.15) is 11.8 Å². The lowest BCUT2D eigenvalue weighted by Crippen LogP contribution is -2.44. The lowest BCUT2D eigenvalue weighted by atomic mass is 10.0. The largest absolute Gasteiger partial charge is 0.351 e. The predicted octanol–water partition coefficient (Wildman–Crippen LogP) is 1.28. The van der Waals surface area contributed by atoms with Gasteiger partial charge in [-0.2, -0.15) is 0 Å². The van der Waals surface area contributed by atoms with Crippen LogP contribution in [0.5, 0.6) is 0 Å². The number of rotatable bonds is 2. The average Bonchev–Trinajstić information content (AvgIpc) is 2.90. The summed E-state index contributed by atoms with van der Waals surface area (Å²) in [4.78, 5) is 24.8. The first kappa shape index (κ1) is 10.5. The van der Waals surface area contributed by atoms with Crippen LogP contribution >= 0.6 is 0 Å². The Labute approximate surface area is 99.2 Å². The quantitative estimate of drug-likeness (QED) is 0.720.